The SMILES string of the molecule is COc1cc(NC(=O)OC(C)(C)C)ccc1CN1CCNCC1. The summed E-state index contributed by atoms with van der Waals surface area (Å²) in [6, 6.07) is 5.71. The summed E-state index contributed by atoms with van der Waals surface area (Å²) in [7, 11) is 1.65. The van der Waals surface area contributed by atoms with Crippen molar-refractivity contribution < 1.29 is 14.3 Å². The Hall–Kier alpha value is -1.79. The molecule has 0 aromatic heterocycles. The smallest absolute Gasteiger partial charge is 0.412 e. The number of carbonyl (C=O) groups excluding carboxylic acids is 1. The monoisotopic (exact) mass is 321 g/mol. The lowest BCUT2D eigenvalue weighted by Gasteiger charge is -2.27. The second-order valence-corrected chi connectivity index (χ2v) is 6.68. The van der Waals surface area contributed by atoms with E-state index < -0.39 is 11.7 Å². The highest BCUT2D eigenvalue weighted by atomic mass is 16.6. The molecular weight excluding hydrogens is 294 g/mol. The lowest BCUT2D eigenvalue weighted by atomic mass is 10.1. The number of benzene rings is 1. The van der Waals surface area contributed by atoms with Gasteiger partial charge in [0.25, 0.3) is 0 Å². The van der Waals surface area contributed by atoms with E-state index in [1.807, 2.05) is 39.0 Å². The fourth-order valence-electron chi connectivity index (χ4n) is 2.48. The molecule has 0 saturated carbocycles. The third kappa shape index (κ3) is 5.73. The highest BCUT2D eigenvalue weighted by molar-refractivity contribution is 5.85. The van der Waals surface area contributed by atoms with Crippen LogP contribution in [0.1, 0.15) is 26.3 Å². The number of hydrogen-bond acceptors (Lipinski definition) is 5. The number of rotatable bonds is 4. The van der Waals surface area contributed by atoms with Crippen molar-refractivity contribution in [3.05, 3.63) is 23.8 Å². The van der Waals surface area contributed by atoms with E-state index in [1.165, 1.54) is 0 Å². The van der Waals surface area contributed by atoms with Crippen LogP contribution >= 0.6 is 0 Å². The highest BCUT2D eigenvalue weighted by Gasteiger charge is 2.17. The van der Waals surface area contributed by atoms with Crippen LogP contribution in [0.5, 0.6) is 5.75 Å². The molecule has 0 atom stereocenters. The molecule has 23 heavy (non-hydrogen) atoms. The van der Waals surface area contributed by atoms with Gasteiger partial charge in [-0.05, 0) is 26.8 Å². The zero-order chi connectivity index (χ0) is 16.9. The topological polar surface area (TPSA) is 62.8 Å². The first-order chi connectivity index (χ1) is 10.9. The lowest BCUT2D eigenvalue weighted by molar-refractivity contribution is 0.0636. The first-order valence-corrected chi connectivity index (χ1v) is 7.97. The molecule has 1 heterocycles. The van der Waals surface area contributed by atoms with Gasteiger partial charge in [0.1, 0.15) is 11.4 Å². The molecule has 1 aliphatic rings. The summed E-state index contributed by atoms with van der Waals surface area (Å²) in [4.78, 5) is 14.2. The first kappa shape index (κ1) is 17.6. The van der Waals surface area contributed by atoms with Crippen LogP contribution in [0.15, 0.2) is 18.2 Å². The zero-order valence-corrected chi connectivity index (χ0v) is 14.4. The molecule has 128 valence electrons. The van der Waals surface area contributed by atoms with Crippen molar-refractivity contribution in [2.75, 3.05) is 38.6 Å². The lowest BCUT2D eigenvalue weighted by Crippen LogP contribution is -2.42. The quantitative estimate of drug-likeness (QED) is 0.892. The number of piperazine rings is 1. The van der Waals surface area contributed by atoms with E-state index in [9.17, 15) is 4.79 Å². The first-order valence-electron chi connectivity index (χ1n) is 7.97. The van der Waals surface area contributed by atoms with Gasteiger partial charge in [-0.3, -0.25) is 10.2 Å². The molecule has 0 unspecified atom stereocenters. The van der Waals surface area contributed by atoms with Crippen LogP contribution in [0.4, 0.5) is 10.5 Å². The molecule has 6 nitrogen and oxygen atoms in total. The largest absolute Gasteiger partial charge is 0.496 e. The van der Waals surface area contributed by atoms with Crippen molar-refractivity contribution >= 4 is 11.8 Å². The average Bonchev–Trinajstić information content (AvgIpc) is 2.48. The molecule has 1 fully saturated rings. The van der Waals surface area contributed by atoms with E-state index in [1.54, 1.807) is 7.11 Å². The molecule has 0 spiro atoms. The van der Waals surface area contributed by atoms with Crippen LogP contribution in [0.25, 0.3) is 0 Å². The maximum Gasteiger partial charge on any atom is 0.412 e. The molecule has 2 N–H and O–H groups in total. The predicted octanol–water partition coefficient (Wildman–Crippen LogP) is 2.45. The Bertz CT molecular complexity index is 534. The predicted molar refractivity (Wildman–Crippen MR) is 91.0 cm³/mol. The van der Waals surface area contributed by atoms with Crippen LogP contribution in [0, 0.1) is 0 Å². The fraction of sp³-hybridized carbons (Fsp3) is 0.588. The molecule has 1 aliphatic heterocycles. The standard InChI is InChI=1S/C17H27N3O3/c1-17(2,3)23-16(21)19-14-6-5-13(15(11-14)22-4)12-20-9-7-18-8-10-20/h5-6,11,18H,7-10,12H2,1-4H3,(H,19,21). The number of carbonyl (C=O) groups is 1. The Balaban J connectivity index is 2.02. The van der Waals surface area contributed by atoms with E-state index in [0.717, 1.165) is 44.0 Å². The average molecular weight is 321 g/mol. The van der Waals surface area contributed by atoms with Gasteiger partial charge in [-0.15, -0.1) is 0 Å². The third-order valence-electron chi connectivity index (χ3n) is 3.54. The van der Waals surface area contributed by atoms with Gasteiger partial charge >= 0.3 is 6.09 Å². The minimum atomic E-state index is -0.517. The van der Waals surface area contributed by atoms with Crippen LogP contribution in [-0.4, -0.2) is 49.9 Å². The van der Waals surface area contributed by atoms with E-state index in [4.69, 9.17) is 9.47 Å². The van der Waals surface area contributed by atoms with E-state index in [2.05, 4.69) is 15.5 Å². The molecular formula is C17H27N3O3. The van der Waals surface area contributed by atoms with Crippen LogP contribution in [-0.2, 0) is 11.3 Å². The maximum atomic E-state index is 11.8. The van der Waals surface area contributed by atoms with Crippen LogP contribution in [0.3, 0.4) is 0 Å². The Morgan fingerprint density at radius 1 is 1.30 bits per heavy atom. The molecule has 0 aliphatic carbocycles. The number of methoxy groups -OCH3 is 1. The summed E-state index contributed by atoms with van der Waals surface area (Å²) in [5.74, 6) is 0.775. The molecule has 1 saturated heterocycles. The van der Waals surface area contributed by atoms with E-state index >= 15 is 0 Å². The normalized spacial score (nSPS) is 16.0. The van der Waals surface area contributed by atoms with E-state index in [-0.39, 0.29) is 0 Å². The maximum absolute atomic E-state index is 11.8. The van der Waals surface area contributed by atoms with Gasteiger partial charge in [0.15, 0.2) is 0 Å². The van der Waals surface area contributed by atoms with Gasteiger partial charge < -0.3 is 14.8 Å². The second-order valence-electron chi connectivity index (χ2n) is 6.68. The molecule has 2 rings (SSSR count). The van der Waals surface area contributed by atoms with E-state index in [0.29, 0.717) is 5.69 Å². The van der Waals surface area contributed by atoms with Crippen molar-refractivity contribution in [3.63, 3.8) is 0 Å². The Labute approximate surface area is 138 Å². The molecule has 1 aromatic carbocycles. The summed E-state index contributed by atoms with van der Waals surface area (Å²) >= 11 is 0. The summed E-state index contributed by atoms with van der Waals surface area (Å²) in [6.45, 7) is 10.4. The van der Waals surface area contributed by atoms with Crippen molar-refractivity contribution in [1.82, 2.24) is 10.2 Å². The van der Waals surface area contributed by atoms with Crippen molar-refractivity contribution in [3.8, 4) is 5.75 Å². The van der Waals surface area contributed by atoms with Crippen LogP contribution < -0.4 is 15.4 Å². The fourth-order valence-corrected chi connectivity index (χ4v) is 2.48. The van der Waals surface area contributed by atoms with Crippen molar-refractivity contribution in [2.45, 2.75) is 32.9 Å². The van der Waals surface area contributed by atoms with Crippen LogP contribution in [0.2, 0.25) is 0 Å². The molecule has 6 heteroatoms. The van der Waals surface area contributed by atoms with Crippen molar-refractivity contribution in [1.29, 1.82) is 0 Å². The second kappa shape index (κ2) is 7.66. The molecule has 0 bridgehead atoms. The number of nitrogens with one attached hydrogen (secondary N) is 2. The van der Waals surface area contributed by atoms with Gasteiger partial charge in [0.2, 0.25) is 0 Å². The van der Waals surface area contributed by atoms with Gasteiger partial charge in [0, 0.05) is 50.0 Å². The number of amides is 1. The summed E-state index contributed by atoms with van der Waals surface area (Å²) < 4.78 is 10.7. The number of nitrogens with zero attached hydrogens (tertiary/aromatic N) is 1. The minimum absolute atomic E-state index is 0.464. The third-order valence-corrected chi connectivity index (χ3v) is 3.54. The zero-order valence-electron chi connectivity index (χ0n) is 14.4. The molecule has 1 amide bonds. The Morgan fingerprint density at radius 2 is 2.00 bits per heavy atom. The molecule has 1 aromatic rings. The van der Waals surface area contributed by atoms with Gasteiger partial charge in [-0.25, -0.2) is 4.79 Å². The number of ether oxygens (including phenoxy) is 2. The summed E-state index contributed by atoms with van der Waals surface area (Å²) in [5, 5.41) is 6.08. The minimum Gasteiger partial charge on any atom is -0.496 e. The summed E-state index contributed by atoms with van der Waals surface area (Å²) in [6.07, 6.45) is -0.464. The van der Waals surface area contributed by atoms with Gasteiger partial charge in [0.05, 0.1) is 7.11 Å². The van der Waals surface area contributed by atoms with Gasteiger partial charge in [-0.2, -0.15) is 0 Å². The number of anilines is 1. The van der Waals surface area contributed by atoms with Crippen molar-refractivity contribution in [2.24, 2.45) is 0 Å². The number of hydrogen-bond donors (Lipinski definition) is 2. The molecule has 0 radical (unpaired) electrons. The Morgan fingerprint density at radius 3 is 2.61 bits per heavy atom. The highest BCUT2D eigenvalue weighted by Crippen LogP contribution is 2.25. The Kier molecular flexibility index (Phi) is 5.85. The summed E-state index contributed by atoms with van der Waals surface area (Å²) in [5.41, 5.74) is 1.26. The van der Waals surface area contributed by atoms with Gasteiger partial charge in [-0.1, -0.05) is 6.07 Å².